The van der Waals surface area contributed by atoms with Crippen molar-refractivity contribution in [2.75, 3.05) is 23.3 Å². The van der Waals surface area contributed by atoms with Crippen LogP contribution in [0.15, 0.2) is 24.4 Å². The normalized spacial score (nSPS) is 14.9. The van der Waals surface area contributed by atoms with Crippen LogP contribution in [0.3, 0.4) is 0 Å². The fraction of sp³-hybridized carbons (Fsp3) is 0.500. The molecule has 1 fully saturated rings. The van der Waals surface area contributed by atoms with Gasteiger partial charge in [0, 0.05) is 25.0 Å². The Hall–Kier alpha value is -2.37. The summed E-state index contributed by atoms with van der Waals surface area (Å²) in [6.45, 7) is 6.25. The predicted octanol–water partition coefficient (Wildman–Crippen LogP) is 3.25. The van der Waals surface area contributed by atoms with Gasteiger partial charge in [-0.25, -0.2) is 4.98 Å². The SMILES string of the molecule is CC(C)Cc1cc(C(=O)Nc2cccnc2N2CCCCC2)n[nH]1. The monoisotopic (exact) mass is 327 g/mol. The zero-order valence-electron chi connectivity index (χ0n) is 14.4. The Bertz CT molecular complexity index is 688. The van der Waals surface area contributed by atoms with Crippen LogP contribution in [-0.2, 0) is 6.42 Å². The fourth-order valence-electron chi connectivity index (χ4n) is 3.06. The first-order chi connectivity index (χ1) is 11.6. The maximum absolute atomic E-state index is 12.5. The van der Waals surface area contributed by atoms with Crippen molar-refractivity contribution in [3.05, 3.63) is 35.8 Å². The van der Waals surface area contributed by atoms with Gasteiger partial charge in [0.25, 0.3) is 5.91 Å². The van der Waals surface area contributed by atoms with Gasteiger partial charge in [0.15, 0.2) is 11.5 Å². The summed E-state index contributed by atoms with van der Waals surface area (Å²) in [5.41, 5.74) is 2.15. The lowest BCUT2D eigenvalue weighted by atomic mass is 10.1. The molecule has 0 atom stereocenters. The van der Waals surface area contributed by atoms with E-state index in [2.05, 4.69) is 39.2 Å². The van der Waals surface area contributed by atoms with Crippen molar-refractivity contribution in [1.29, 1.82) is 0 Å². The van der Waals surface area contributed by atoms with Gasteiger partial charge >= 0.3 is 0 Å². The molecule has 2 aromatic rings. The van der Waals surface area contributed by atoms with Gasteiger partial charge in [0.05, 0.1) is 5.69 Å². The lowest BCUT2D eigenvalue weighted by Gasteiger charge is -2.29. The average Bonchev–Trinajstić information content (AvgIpc) is 3.04. The van der Waals surface area contributed by atoms with Crippen molar-refractivity contribution in [3.63, 3.8) is 0 Å². The van der Waals surface area contributed by atoms with Crippen LogP contribution in [-0.4, -0.2) is 34.2 Å². The Morgan fingerprint density at radius 2 is 2.12 bits per heavy atom. The summed E-state index contributed by atoms with van der Waals surface area (Å²) in [5.74, 6) is 1.17. The molecule has 2 N–H and O–H groups in total. The molecule has 0 radical (unpaired) electrons. The van der Waals surface area contributed by atoms with Crippen LogP contribution in [0.1, 0.15) is 49.3 Å². The largest absolute Gasteiger partial charge is 0.355 e. The molecule has 3 rings (SSSR count). The van der Waals surface area contributed by atoms with Crippen molar-refractivity contribution >= 4 is 17.4 Å². The van der Waals surface area contributed by atoms with E-state index in [4.69, 9.17) is 0 Å². The van der Waals surface area contributed by atoms with E-state index in [9.17, 15) is 4.79 Å². The summed E-state index contributed by atoms with van der Waals surface area (Å²) in [7, 11) is 0. The number of H-pyrrole nitrogens is 1. The quantitative estimate of drug-likeness (QED) is 0.884. The van der Waals surface area contributed by atoms with Crippen LogP contribution in [0.25, 0.3) is 0 Å². The van der Waals surface area contributed by atoms with Crippen molar-refractivity contribution in [3.8, 4) is 0 Å². The second kappa shape index (κ2) is 7.47. The van der Waals surface area contributed by atoms with Gasteiger partial charge in [-0.1, -0.05) is 13.8 Å². The van der Waals surface area contributed by atoms with Crippen molar-refractivity contribution in [1.82, 2.24) is 15.2 Å². The number of pyridine rings is 1. The number of aromatic amines is 1. The van der Waals surface area contributed by atoms with Crippen LogP contribution in [0.4, 0.5) is 11.5 Å². The number of hydrogen-bond donors (Lipinski definition) is 2. The Morgan fingerprint density at radius 3 is 2.88 bits per heavy atom. The van der Waals surface area contributed by atoms with Gasteiger partial charge in [-0.3, -0.25) is 9.89 Å². The first-order valence-corrected chi connectivity index (χ1v) is 8.69. The number of hydrogen-bond acceptors (Lipinski definition) is 4. The Morgan fingerprint density at radius 1 is 1.33 bits per heavy atom. The molecule has 6 nitrogen and oxygen atoms in total. The zero-order valence-corrected chi connectivity index (χ0v) is 14.4. The predicted molar refractivity (Wildman–Crippen MR) is 95.4 cm³/mol. The molecule has 0 aromatic carbocycles. The number of carbonyl (C=O) groups is 1. The molecule has 2 aromatic heterocycles. The van der Waals surface area contributed by atoms with Gasteiger partial charge < -0.3 is 10.2 Å². The van der Waals surface area contributed by atoms with Crippen LogP contribution < -0.4 is 10.2 Å². The van der Waals surface area contributed by atoms with E-state index in [1.54, 1.807) is 6.20 Å². The van der Waals surface area contributed by atoms with Crippen LogP contribution in [0, 0.1) is 5.92 Å². The van der Waals surface area contributed by atoms with Gasteiger partial charge in [-0.15, -0.1) is 0 Å². The first kappa shape index (κ1) is 16.5. The minimum Gasteiger partial charge on any atom is -0.355 e. The summed E-state index contributed by atoms with van der Waals surface area (Å²) in [5, 5.41) is 10.0. The smallest absolute Gasteiger partial charge is 0.276 e. The van der Waals surface area contributed by atoms with Crippen LogP contribution >= 0.6 is 0 Å². The molecule has 0 bridgehead atoms. The molecule has 6 heteroatoms. The minimum absolute atomic E-state index is 0.201. The van der Waals surface area contributed by atoms with Gasteiger partial charge in [-0.2, -0.15) is 5.10 Å². The third-order valence-electron chi connectivity index (χ3n) is 4.18. The average molecular weight is 327 g/mol. The number of nitrogens with one attached hydrogen (secondary N) is 2. The Balaban J connectivity index is 1.73. The summed E-state index contributed by atoms with van der Waals surface area (Å²) < 4.78 is 0. The topological polar surface area (TPSA) is 73.9 Å². The molecule has 1 amide bonds. The molecule has 128 valence electrons. The molecule has 0 spiro atoms. The second-order valence-electron chi connectivity index (χ2n) is 6.75. The van der Waals surface area contributed by atoms with E-state index in [0.29, 0.717) is 11.6 Å². The molecule has 0 unspecified atom stereocenters. The molecule has 1 aliphatic rings. The summed E-state index contributed by atoms with van der Waals surface area (Å²) >= 11 is 0. The molecular weight excluding hydrogens is 302 g/mol. The first-order valence-electron chi connectivity index (χ1n) is 8.69. The van der Waals surface area contributed by atoms with E-state index in [1.807, 2.05) is 18.2 Å². The minimum atomic E-state index is -0.201. The third-order valence-corrected chi connectivity index (χ3v) is 4.18. The van der Waals surface area contributed by atoms with Gasteiger partial charge in [-0.05, 0) is 49.8 Å². The van der Waals surface area contributed by atoms with E-state index >= 15 is 0 Å². The highest BCUT2D eigenvalue weighted by molar-refractivity contribution is 6.04. The summed E-state index contributed by atoms with van der Waals surface area (Å²) in [4.78, 5) is 19.2. The second-order valence-corrected chi connectivity index (χ2v) is 6.75. The molecule has 0 saturated carbocycles. The van der Waals surface area contributed by atoms with E-state index in [1.165, 1.54) is 19.3 Å². The van der Waals surface area contributed by atoms with E-state index in [-0.39, 0.29) is 5.91 Å². The molecule has 1 saturated heterocycles. The molecular formula is C18H25N5O. The maximum Gasteiger partial charge on any atom is 0.276 e. The number of amides is 1. The number of piperidine rings is 1. The standard InChI is InChI=1S/C18H25N5O/c1-13(2)11-14-12-16(22-21-14)18(24)20-15-7-6-8-19-17(15)23-9-4-3-5-10-23/h6-8,12-13H,3-5,9-11H2,1-2H3,(H,20,24)(H,21,22). The third kappa shape index (κ3) is 3.93. The number of carbonyl (C=O) groups excluding carboxylic acids is 1. The maximum atomic E-state index is 12.5. The number of anilines is 2. The summed E-state index contributed by atoms with van der Waals surface area (Å²) in [6.07, 6.45) is 6.25. The lowest BCUT2D eigenvalue weighted by molar-refractivity contribution is 0.102. The van der Waals surface area contributed by atoms with E-state index in [0.717, 1.165) is 36.7 Å². The van der Waals surface area contributed by atoms with Crippen molar-refractivity contribution in [2.45, 2.75) is 39.5 Å². The van der Waals surface area contributed by atoms with Crippen LogP contribution in [0.5, 0.6) is 0 Å². The lowest BCUT2D eigenvalue weighted by Crippen LogP contribution is -2.31. The fourth-order valence-corrected chi connectivity index (χ4v) is 3.06. The van der Waals surface area contributed by atoms with Crippen molar-refractivity contribution in [2.24, 2.45) is 5.92 Å². The molecule has 24 heavy (non-hydrogen) atoms. The number of aromatic nitrogens is 3. The van der Waals surface area contributed by atoms with Crippen molar-refractivity contribution < 1.29 is 4.79 Å². The molecule has 3 heterocycles. The number of rotatable bonds is 5. The Kier molecular flexibility index (Phi) is 5.13. The highest BCUT2D eigenvalue weighted by Crippen LogP contribution is 2.26. The highest BCUT2D eigenvalue weighted by Gasteiger charge is 2.18. The number of nitrogens with zero attached hydrogens (tertiary/aromatic N) is 3. The van der Waals surface area contributed by atoms with Crippen LogP contribution in [0.2, 0.25) is 0 Å². The van der Waals surface area contributed by atoms with E-state index < -0.39 is 0 Å². The molecule has 1 aliphatic heterocycles. The highest BCUT2D eigenvalue weighted by atomic mass is 16.1. The Labute approximate surface area is 142 Å². The van der Waals surface area contributed by atoms with Gasteiger partial charge in [0.1, 0.15) is 0 Å². The zero-order chi connectivity index (χ0) is 16.9. The molecule has 0 aliphatic carbocycles. The summed E-state index contributed by atoms with van der Waals surface area (Å²) in [6, 6.07) is 5.57. The van der Waals surface area contributed by atoms with Gasteiger partial charge in [0.2, 0.25) is 0 Å².